The summed E-state index contributed by atoms with van der Waals surface area (Å²) >= 11 is 0. The quantitative estimate of drug-likeness (QED) is 0.403. The minimum absolute atomic E-state index is 0.141. The first kappa shape index (κ1) is 5.02. The van der Waals surface area contributed by atoms with Crippen molar-refractivity contribution in [3.05, 3.63) is 0 Å². The van der Waals surface area contributed by atoms with Crippen molar-refractivity contribution in [2.75, 3.05) is 6.61 Å². The van der Waals surface area contributed by atoms with E-state index in [-0.39, 0.29) is 6.61 Å². The molecule has 0 radical (unpaired) electrons. The van der Waals surface area contributed by atoms with Crippen molar-refractivity contribution >= 4 is 10.1 Å². The van der Waals surface area contributed by atoms with Gasteiger partial charge in [0, 0.05) is 0 Å². The van der Waals surface area contributed by atoms with E-state index in [1.54, 1.807) is 0 Å². The fourth-order valence-electron chi connectivity index (χ4n) is 0.258. The van der Waals surface area contributed by atoms with Crippen LogP contribution < -0.4 is 5.73 Å². The first-order valence-electron chi connectivity index (χ1n) is 1.77. The van der Waals surface area contributed by atoms with E-state index in [2.05, 4.69) is 4.18 Å². The lowest BCUT2D eigenvalue weighted by atomic mass is 10.7. The van der Waals surface area contributed by atoms with Crippen LogP contribution in [0.25, 0.3) is 0 Å². The van der Waals surface area contributed by atoms with Gasteiger partial charge < -0.3 is 5.73 Å². The van der Waals surface area contributed by atoms with E-state index < -0.39 is 15.5 Å². The summed E-state index contributed by atoms with van der Waals surface area (Å²) in [5.41, 5.74) is 4.94. The third-order valence-electron chi connectivity index (χ3n) is 0.767. The molecule has 1 rings (SSSR count). The van der Waals surface area contributed by atoms with Crippen LogP contribution in [0.15, 0.2) is 0 Å². The number of nitrogens with two attached hydrogens (primary N) is 1. The zero-order valence-corrected chi connectivity index (χ0v) is 4.31. The topological polar surface area (TPSA) is 69.4 Å². The molecule has 0 aromatic heterocycles. The Hall–Kier alpha value is -0.130. The maximum Gasteiger partial charge on any atom is 0.285 e. The Labute approximate surface area is 41.4 Å². The molecule has 5 heteroatoms. The first-order chi connectivity index (χ1) is 3.13. The Balaban J connectivity index is 2.79. The van der Waals surface area contributed by atoms with Gasteiger partial charge in [0.25, 0.3) is 10.1 Å². The van der Waals surface area contributed by atoms with Crippen molar-refractivity contribution in [1.29, 1.82) is 0 Å². The molecule has 42 valence electrons. The summed E-state index contributed by atoms with van der Waals surface area (Å²) in [6.45, 7) is 0.141. The Bertz CT molecular complexity index is 160. The minimum atomic E-state index is -3.28. The van der Waals surface area contributed by atoms with Gasteiger partial charge >= 0.3 is 0 Å². The van der Waals surface area contributed by atoms with Crippen LogP contribution in [-0.4, -0.2) is 20.4 Å². The number of rotatable bonds is 0. The zero-order valence-electron chi connectivity index (χ0n) is 3.49. The van der Waals surface area contributed by atoms with Gasteiger partial charge in [-0.25, -0.2) is 0 Å². The summed E-state index contributed by atoms with van der Waals surface area (Å²) in [4.78, 5) is 0. The van der Waals surface area contributed by atoms with Crippen LogP contribution in [0, 0.1) is 0 Å². The summed E-state index contributed by atoms with van der Waals surface area (Å²) in [7, 11) is -3.28. The van der Waals surface area contributed by atoms with Crippen LogP contribution in [0.5, 0.6) is 0 Å². The average molecular weight is 123 g/mol. The van der Waals surface area contributed by atoms with E-state index in [0.717, 1.165) is 0 Å². The SMILES string of the molecule is NC1COS1(=O)=O. The lowest BCUT2D eigenvalue weighted by Gasteiger charge is -2.20. The standard InChI is InChI=1S/C2H5NO3S/c3-2-1-6-7(2,4)5/h2H,1,3H2. The van der Waals surface area contributed by atoms with Crippen LogP contribution >= 0.6 is 0 Å². The molecule has 0 amide bonds. The monoisotopic (exact) mass is 123 g/mol. The molecule has 0 saturated carbocycles. The first-order valence-corrected chi connectivity index (χ1v) is 3.24. The highest BCUT2D eigenvalue weighted by Gasteiger charge is 2.33. The minimum Gasteiger partial charge on any atom is -0.311 e. The van der Waals surface area contributed by atoms with Crippen molar-refractivity contribution in [3.8, 4) is 0 Å². The van der Waals surface area contributed by atoms with Crippen molar-refractivity contribution in [2.24, 2.45) is 5.73 Å². The Morgan fingerprint density at radius 3 is 2.14 bits per heavy atom. The van der Waals surface area contributed by atoms with Crippen molar-refractivity contribution in [1.82, 2.24) is 0 Å². The van der Waals surface area contributed by atoms with Gasteiger partial charge in [-0.1, -0.05) is 0 Å². The summed E-state index contributed by atoms with van der Waals surface area (Å²) in [6.07, 6.45) is 0. The van der Waals surface area contributed by atoms with E-state index in [9.17, 15) is 8.42 Å². The van der Waals surface area contributed by atoms with Gasteiger partial charge in [0.15, 0.2) is 5.37 Å². The highest BCUT2D eigenvalue weighted by molar-refractivity contribution is 7.88. The van der Waals surface area contributed by atoms with Gasteiger partial charge in [0.2, 0.25) is 0 Å². The molecule has 1 aliphatic heterocycles. The van der Waals surface area contributed by atoms with E-state index in [1.165, 1.54) is 0 Å². The maximum atomic E-state index is 10.1. The molecule has 0 bridgehead atoms. The van der Waals surface area contributed by atoms with Gasteiger partial charge in [0.05, 0.1) is 6.61 Å². The largest absolute Gasteiger partial charge is 0.311 e. The van der Waals surface area contributed by atoms with Gasteiger partial charge in [0.1, 0.15) is 0 Å². The molecule has 1 saturated heterocycles. The second-order valence-electron chi connectivity index (χ2n) is 1.32. The molecule has 0 aromatic carbocycles. The third kappa shape index (κ3) is 0.624. The van der Waals surface area contributed by atoms with Crippen molar-refractivity contribution < 1.29 is 12.6 Å². The van der Waals surface area contributed by atoms with E-state index >= 15 is 0 Å². The van der Waals surface area contributed by atoms with Crippen LogP contribution in [0.4, 0.5) is 0 Å². The molecular formula is C2H5NO3S. The fourth-order valence-corrected chi connectivity index (χ4v) is 0.773. The molecule has 1 heterocycles. The van der Waals surface area contributed by atoms with Gasteiger partial charge in [-0.3, -0.25) is 4.18 Å². The van der Waals surface area contributed by atoms with Crippen LogP contribution in [0.2, 0.25) is 0 Å². The van der Waals surface area contributed by atoms with Gasteiger partial charge in [-0.2, -0.15) is 8.42 Å². The highest BCUT2D eigenvalue weighted by Crippen LogP contribution is 2.09. The number of hydrogen-bond acceptors (Lipinski definition) is 4. The van der Waals surface area contributed by atoms with E-state index in [1.807, 2.05) is 0 Å². The molecular weight excluding hydrogens is 118 g/mol. The normalized spacial score (nSPS) is 37.0. The third-order valence-corrected chi connectivity index (χ3v) is 2.11. The van der Waals surface area contributed by atoms with Gasteiger partial charge in [-0.05, 0) is 0 Å². The molecule has 7 heavy (non-hydrogen) atoms. The van der Waals surface area contributed by atoms with Crippen LogP contribution in [0.1, 0.15) is 0 Å². The summed E-state index contributed by atoms with van der Waals surface area (Å²) < 4.78 is 24.2. The summed E-state index contributed by atoms with van der Waals surface area (Å²) in [5.74, 6) is 0. The fraction of sp³-hybridized carbons (Fsp3) is 1.00. The Kier molecular flexibility index (Phi) is 0.844. The Morgan fingerprint density at radius 1 is 1.71 bits per heavy atom. The Morgan fingerprint density at radius 2 is 2.14 bits per heavy atom. The molecule has 0 spiro atoms. The molecule has 1 atom stereocenters. The lowest BCUT2D eigenvalue weighted by Crippen LogP contribution is -2.46. The molecule has 1 fully saturated rings. The highest BCUT2D eigenvalue weighted by atomic mass is 32.2. The van der Waals surface area contributed by atoms with Crippen LogP contribution in [0.3, 0.4) is 0 Å². The molecule has 1 unspecified atom stereocenters. The molecule has 0 aliphatic carbocycles. The second kappa shape index (κ2) is 1.18. The lowest BCUT2D eigenvalue weighted by molar-refractivity contribution is 0.247. The predicted molar refractivity (Wildman–Crippen MR) is 22.8 cm³/mol. The van der Waals surface area contributed by atoms with Crippen molar-refractivity contribution in [3.63, 3.8) is 0 Å². The number of hydrogen-bond donors (Lipinski definition) is 1. The summed E-state index contributed by atoms with van der Waals surface area (Å²) in [5, 5.41) is -0.771. The van der Waals surface area contributed by atoms with Gasteiger partial charge in [-0.15, -0.1) is 0 Å². The average Bonchev–Trinajstić information content (AvgIpc) is 1.63. The molecule has 0 aromatic rings. The van der Waals surface area contributed by atoms with Crippen LogP contribution in [-0.2, 0) is 14.3 Å². The molecule has 4 nitrogen and oxygen atoms in total. The van der Waals surface area contributed by atoms with E-state index in [4.69, 9.17) is 5.73 Å². The second-order valence-corrected chi connectivity index (χ2v) is 3.14. The summed E-state index contributed by atoms with van der Waals surface area (Å²) in [6, 6.07) is 0. The smallest absolute Gasteiger partial charge is 0.285 e. The maximum absolute atomic E-state index is 10.1. The zero-order chi connectivity index (χ0) is 5.49. The van der Waals surface area contributed by atoms with Crippen molar-refractivity contribution in [2.45, 2.75) is 5.37 Å². The molecule has 1 aliphatic rings. The van der Waals surface area contributed by atoms with E-state index in [0.29, 0.717) is 0 Å². The predicted octanol–water partition coefficient (Wildman–Crippen LogP) is -1.37. The molecule has 2 N–H and O–H groups in total.